The number of benzene rings is 2. The summed E-state index contributed by atoms with van der Waals surface area (Å²) in [5.74, 6) is 1.10. The van der Waals surface area contributed by atoms with Gasteiger partial charge in [-0.3, -0.25) is 15.0 Å². The minimum absolute atomic E-state index is 0.154. The van der Waals surface area contributed by atoms with E-state index in [0.29, 0.717) is 24.6 Å². The predicted octanol–water partition coefficient (Wildman–Crippen LogP) is 3.28. The van der Waals surface area contributed by atoms with E-state index < -0.39 is 0 Å². The minimum atomic E-state index is -0.283. The highest BCUT2D eigenvalue weighted by molar-refractivity contribution is 5.95. The summed E-state index contributed by atoms with van der Waals surface area (Å²) in [6.45, 7) is 1.21. The van der Waals surface area contributed by atoms with Crippen LogP contribution in [-0.4, -0.2) is 42.7 Å². The molecule has 7 nitrogen and oxygen atoms in total. The van der Waals surface area contributed by atoms with Gasteiger partial charge >= 0.3 is 0 Å². The second kappa shape index (κ2) is 6.56. The zero-order valence-corrected chi connectivity index (χ0v) is 14.9. The number of nitrogens with one attached hydrogen (secondary N) is 2. The molecule has 4 aromatic rings. The zero-order valence-electron chi connectivity index (χ0n) is 14.9. The monoisotopic (exact) mass is 376 g/mol. The number of fused-ring (bicyclic) bond motifs is 1. The number of likely N-dealkylation sites (tertiary alicyclic amines) is 1. The first-order valence-corrected chi connectivity index (χ1v) is 9.11. The fraction of sp³-hybridized carbons (Fsp3) is 0.200. The SMILES string of the molecule is O=C1CCCN1Cc1nc(-c2ccc3[nH]nc(-c4ccc(F)cc4)c3c2)n[nH]1. The van der Waals surface area contributed by atoms with Crippen LogP contribution in [0.5, 0.6) is 0 Å². The Balaban J connectivity index is 1.47. The van der Waals surface area contributed by atoms with Crippen molar-refractivity contribution in [2.45, 2.75) is 19.4 Å². The van der Waals surface area contributed by atoms with Crippen molar-refractivity contribution in [1.29, 1.82) is 0 Å². The quantitative estimate of drug-likeness (QED) is 0.572. The van der Waals surface area contributed by atoms with Crippen LogP contribution in [-0.2, 0) is 11.3 Å². The second-order valence-corrected chi connectivity index (χ2v) is 6.86. The number of carbonyl (C=O) groups is 1. The molecular weight excluding hydrogens is 359 g/mol. The molecule has 2 aromatic carbocycles. The Morgan fingerprint density at radius 1 is 1.04 bits per heavy atom. The lowest BCUT2D eigenvalue weighted by Gasteiger charge is -2.12. The Labute approximate surface area is 159 Å². The molecule has 140 valence electrons. The lowest BCUT2D eigenvalue weighted by Crippen LogP contribution is -2.24. The average Bonchev–Trinajstić information content (AvgIpc) is 3.43. The molecule has 5 rings (SSSR count). The van der Waals surface area contributed by atoms with Gasteiger partial charge in [-0.1, -0.05) is 0 Å². The van der Waals surface area contributed by atoms with E-state index in [2.05, 4.69) is 25.4 Å². The molecule has 0 atom stereocenters. The number of H-pyrrole nitrogens is 2. The second-order valence-electron chi connectivity index (χ2n) is 6.86. The first-order valence-electron chi connectivity index (χ1n) is 9.11. The minimum Gasteiger partial charge on any atom is -0.335 e. The largest absolute Gasteiger partial charge is 0.335 e. The van der Waals surface area contributed by atoms with Gasteiger partial charge in [0.25, 0.3) is 0 Å². The fourth-order valence-corrected chi connectivity index (χ4v) is 3.53. The molecule has 1 aliphatic rings. The molecule has 2 N–H and O–H groups in total. The van der Waals surface area contributed by atoms with Crippen LogP contribution >= 0.6 is 0 Å². The van der Waals surface area contributed by atoms with E-state index in [-0.39, 0.29) is 11.7 Å². The summed E-state index contributed by atoms with van der Waals surface area (Å²) < 4.78 is 13.2. The third-order valence-corrected chi connectivity index (χ3v) is 4.98. The number of aromatic amines is 2. The lowest BCUT2D eigenvalue weighted by atomic mass is 10.1. The molecule has 0 bridgehead atoms. The predicted molar refractivity (Wildman–Crippen MR) is 102 cm³/mol. The Kier molecular flexibility index (Phi) is 3.89. The molecule has 0 saturated carbocycles. The smallest absolute Gasteiger partial charge is 0.223 e. The van der Waals surface area contributed by atoms with Crippen LogP contribution in [0.15, 0.2) is 42.5 Å². The van der Waals surface area contributed by atoms with Crippen molar-refractivity contribution < 1.29 is 9.18 Å². The molecule has 0 radical (unpaired) electrons. The summed E-state index contributed by atoms with van der Waals surface area (Å²) in [6.07, 6.45) is 1.49. The Bertz CT molecular complexity index is 1160. The molecule has 0 aliphatic carbocycles. The Morgan fingerprint density at radius 2 is 1.86 bits per heavy atom. The van der Waals surface area contributed by atoms with Crippen molar-refractivity contribution in [2.75, 3.05) is 6.54 Å². The highest BCUT2D eigenvalue weighted by Crippen LogP contribution is 2.29. The van der Waals surface area contributed by atoms with Crippen molar-refractivity contribution in [1.82, 2.24) is 30.3 Å². The van der Waals surface area contributed by atoms with Gasteiger partial charge in [-0.25, -0.2) is 9.37 Å². The fourth-order valence-electron chi connectivity index (χ4n) is 3.53. The summed E-state index contributed by atoms with van der Waals surface area (Å²) >= 11 is 0. The van der Waals surface area contributed by atoms with E-state index in [1.165, 1.54) is 12.1 Å². The van der Waals surface area contributed by atoms with E-state index in [4.69, 9.17) is 0 Å². The third-order valence-electron chi connectivity index (χ3n) is 4.98. The number of hydrogen-bond acceptors (Lipinski definition) is 4. The standard InChI is InChI=1S/C20H17FN6O/c21-14-6-3-12(4-7-14)19-15-10-13(5-8-16(15)23-25-19)20-22-17(24-26-20)11-27-9-1-2-18(27)28/h3-8,10H,1-2,9,11H2,(H,23,25)(H,22,24,26). The maximum absolute atomic E-state index is 13.2. The first kappa shape index (κ1) is 16.6. The summed E-state index contributed by atoms with van der Waals surface area (Å²) in [6, 6.07) is 12.0. The molecule has 0 unspecified atom stereocenters. The number of carbonyl (C=O) groups excluding carboxylic acids is 1. The Morgan fingerprint density at radius 3 is 2.64 bits per heavy atom. The van der Waals surface area contributed by atoms with Crippen LogP contribution < -0.4 is 0 Å². The number of nitrogens with zero attached hydrogens (tertiary/aromatic N) is 4. The third kappa shape index (κ3) is 2.92. The first-order chi connectivity index (χ1) is 13.7. The molecule has 1 amide bonds. The Hall–Kier alpha value is -3.55. The normalized spacial score (nSPS) is 14.3. The van der Waals surface area contributed by atoms with Crippen LogP contribution in [0.4, 0.5) is 4.39 Å². The molecule has 1 saturated heterocycles. The van der Waals surface area contributed by atoms with Gasteiger partial charge in [0.05, 0.1) is 17.8 Å². The molecule has 1 fully saturated rings. The van der Waals surface area contributed by atoms with Gasteiger partial charge < -0.3 is 4.90 Å². The molecule has 8 heteroatoms. The van der Waals surface area contributed by atoms with Crippen LogP contribution in [0.3, 0.4) is 0 Å². The van der Waals surface area contributed by atoms with Crippen molar-refractivity contribution >= 4 is 16.8 Å². The molecule has 2 aromatic heterocycles. The van der Waals surface area contributed by atoms with Crippen molar-refractivity contribution in [3.8, 4) is 22.6 Å². The van der Waals surface area contributed by atoms with Gasteiger partial charge in [0.15, 0.2) is 5.82 Å². The number of rotatable bonds is 4. The maximum Gasteiger partial charge on any atom is 0.223 e. The summed E-state index contributed by atoms with van der Waals surface area (Å²) in [5, 5.41) is 15.5. The number of aromatic nitrogens is 5. The van der Waals surface area contributed by atoms with Gasteiger partial charge in [0.2, 0.25) is 5.91 Å². The molecular formula is C20H17FN6O. The van der Waals surface area contributed by atoms with E-state index in [9.17, 15) is 9.18 Å². The van der Waals surface area contributed by atoms with Crippen LogP contribution in [0.2, 0.25) is 0 Å². The lowest BCUT2D eigenvalue weighted by molar-refractivity contribution is -0.128. The van der Waals surface area contributed by atoms with Crippen LogP contribution in [0.25, 0.3) is 33.5 Å². The van der Waals surface area contributed by atoms with Gasteiger partial charge in [-0.05, 0) is 48.9 Å². The highest BCUT2D eigenvalue weighted by atomic mass is 19.1. The van der Waals surface area contributed by atoms with Gasteiger partial charge in [0, 0.05) is 29.5 Å². The number of hydrogen-bond donors (Lipinski definition) is 2. The van der Waals surface area contributed by atoms with Crippen molar-refractivity contribution in [3.05, 3.63) is 54.1 Å². The highest BCUT2D eigenvalue weighted by Gasteiger charge is 2.21. The summed E-state index contributed by atoms with van der Waals surface area (Å²) in [7, 11) is 0. The summed E-state index contributed by atoms with van der Waals surface area (Å²) in [4.78, 5) is 18.1. The number of halogens is 1. The van der Waals surface area contributed by atoms with Crippen molar-refractivity contribution in [3.63, 3.8) is 0 Å². The van der Waals surface area contributed by atoms with Crippen molar-refractivity contribution in [2.24, 2.45) is 0 Å². The van der Waals surface area contributed by atoms with E-state index >= 15 is 0 Å². The average molecular weight is 376 g/mol. The van der Waals surface area contributed by atoms with Gasteiger partial charge in [0.1, 0.15) is 11.6 Å². The van der Waals surface area contributed by atoms with E-state index in [1.807, 2.05) is 18.2 Å². The topological polar surface area (TPSA) is 90.6 Å². The van der Waals surface area contributed by atoms with E-state index in [0.717, 1.165) is 40.7 Å². The number of amides is 1. The maximum atomic E-state index is 13.2. The van der Waals surface area contributed by atoms with Gasteiger partial charge in [-0.15, -0.1) is 0 Å². The molecule has 1 aliphatic heterocycles. The van der Waals surface area contributed by atoms with Gasteiger partial charge in [-0.2, -0.15) is 10.2 Å². The van der Waals surface area contributed by atoms with E-state index in [1.54, 1.807) is 17.0 Å². The zero-order chi connectivity index (χ0) is 19.1. The van der Waals surface area contributed by atoms with Crippen LogP contribution in [0, 0.1) is 5.82 Å². The molecule has 0 spiro atoms. The molecule has 28 heavy (non-hydrogen) atoms. The molecule has 3 heterocycles. The summed E-state index contributed by atoms with van der Waals surface area (Å²) in [5.41, 5.74) is 3.29. The van der Waals surface area contributed by atoms with Crippen LogP contribution in [0.1, 0.15) is 18.7 Å².